The quantitative estimate of drug-likeness (QED) is 0.0932. The van der Waals surface area contributed by atoms with Gasteiger partial charge in [-0.1, -0.05) is 25.1 Å². The Morgan fingerprint density at radius 1 is 0.848 bits per heavy atom. The van der Waals surface area contributed by atoms with Crippen LogP contribution in [0.2, 0.25) is 0 Å². The lowest BCUT2D eigenvalue weighted by atomic mass is 9.51. The molecule has 0 heterocycles. The summed E-state index contributed by atoms with van der Waals surface area (Å²) in [5.74, 6) is -5.71. The Labute approximate surface area is 271 Å². The Kier molecular flexibility index (Phi) is 9.91. The Bertz CT molecular complexity index is 1520. The number of hydrogen-bond donors (Lipinski definition) is 2. The summed E-state index contributed by atoms with van der Waals surface area (Å²) in [5, 5.41) is 21.2. The molecule has 3 aliphatic carbocycles. The fourth-order valence-corrected chi connectivity index (χ4v) is 9.58. The number of phenolic OH excluding ortho intramolecular Hbond substituents is 1. The van der Waals surface area contributed by atoms with Crippen molar-refractivity contribution in [1.29, 1.82) is 0 Å². The van der Waals surface area contributed by atoms with Gasteiger partial charge in [-0.25, -0.2) is 22.0 Å². The highest BCUT2D eigenvalue weighted by molar-refractivity contribution is 7.99. The van der Waals surface area contributed by atoms with Crippen LogP contribution < -0.4 is 4.74 Å². The van der Waals surface area contributed by atoms with E-state index in [9.17, 15) is 32.2 Å². The van der Waals surface area contributed by atoms with Gasteiger partial charge in [0, 0.05) is 5.56 Å². The van der Waals surface area contributed by atoms with E-state index in [0.29, 0.717) is 35.9 Å². The summed E-state index contributed by atoms with van der Waals surface area (Å²) in [6, 6.07) is 14.2. The molecule has 0 spiro atoms. The molecule has 3 nitrogen and oxygen atoms in total. The molecule has 0 aliphatic heterocycles. The van der Waals surface area contributed by atoms with E-state index in [-0.39, 0.29) is 29.6 Å². The highest BCUT2D eigenvalue weighted by Gasteiger charge is 2.57. The number of fused-ring (bicyclic) bond motifs is 5. The smallest absolute Gasteiger partial charge is 0.200 e. The number of rotatable bonds is 11. The van der Waals surface area contributed by atoms with Crippen molar-refractivity contribution in [2.75, 3.05) is 18.1 Å². The van der Waals surface area contributed by atoms with E-state index in [4.69, 9.17) is 4.74 Å². The second kappa shape index (κ2) is 13.8. The molecule has 0 aromatic heterocycles. The SMILES string of the molecule is C[C@]12C[C@H](c3ccc(OCCCCCSCCc4c(F)c(F)c(F)c(F)c4F)cc3)[C@@H]3c4ccc(O)cc4CC[C@H]3[C@@H]1CC[C@@H]2O. The van der Waals surface area contributed by atoms with Gasteiger partial charge in [0.2, 0.25) is 5.82 Å². The number of hydrogen-bond acceptors (Lipinski definition) is 4. The number of aromatic hydroxyl groups is 1. The lowest BCUT2D eigenvalue weighted by Crippen LogP contribution is -2.47. The van der Waals surface area contributed by atoms with Gasteiger partial charge in [-0.05, 0) is 139 Å². The van der Waals surface area contributed by atoms with E-state index in [1.807, 2.05) is 24.3 Å². The molecule has 46 heavy (non-hydrogen) atoms. The molecular weight excluding hydrogens is 619 g/mol. The second-order valence-corrected chi connectivity index (χ2v) is 14.7. The van der Waals surface area contributed by atoms with E-state index in [1.54, 1.807) is 0 Å². The first-order valence-electron chi connectivity index (χ1n) is 16.4. The highest BCUT2D eigenvalue weighted by Crippen LogP contribution is 2.65. The fraction of sp³-hybridized carbons (Fsp3) is 0.514. The molecule has 0 unspecified atom stereocenters. The van der Waals surface area contributed by atoms with Crippen molar-refractivity contribution >= 4 is 11.8 Å². The van der Waals surface area contributed by atoms with Gasteiger partial charge in [0.25, 0.3) is 0 Å². The topological polar surface area (TPSA) is 49.7 Å². The van der Waals surface area contributed by atoms with E-state index in [0.717, 1.165) is 57.1 Å². The number of aliphatic hydroxyl groups excluding tert-OH is 1. The van der Waals surface area contributed by atoms with Crippen LogP contribution in [0.1, 0.15) is 86.0 Å². The molecular formula is C37H41F5O3S. The molecule has 0 amide bonds. The maximum Gasteiger partial charge on any atom is 0.200 e. The standard InChI is InChI=1S/C37H41F5O3S/c1-37-20-28(31-25-12-8-23(43)19-22(25)7-11-26(31)29(37)13-14-30(37)44)21-5-9-24(10-6-21)45-16-3-2-4-17-46-18-15-27-32(38)34(40)36(42)35(41)33(27)39/h5-6,8-10,12,19,26,28-31,43-44H,2-4,7,11,13-18,20H2,1H3/t26-,28+,29-,30-,31+,37-/m0/s1. The molecule has 248 valence electrons. The number of ether oxygens (including phenoxy) is 1. The Balaban J connectivity index is 0.994. The van der Waals surface area contributed by atoms with Gasteiger partial charge in [-0.2, -0.15) is 11.8 Å². The van der Waals surface area contributed by atoms with Crippen LogP contribution in [0.5, 0.6) is 11.5 Å². The first-order valence-corrected chi connectivity index (χ1v) is 17.6. The summed E-state index contributed by atoms with van der Waals surface area (Å²) in [6.45, 7) is 2.83. The van der Waals surface area contributed by atoms with Crippen molar-refractivity contribution in [3.8, 4) is 11.5 Å². The molecule has 2 N–H and O–H groups in total. The first-order chi connectivity index (χ1) is 22.1. The minimum atomic E-state index is -2.13. The number of phenols is 1. The van der Waals surface area contributed by atoms with E-state index in [2.05, 4.69) is 25.1 Å². The minimum Gasteiger partial charge on any atom is -0.508 e. The predicted molar refractivity (Wildman–Crippen MR) is 170 cm³/mol. The van der Waals surface area contributed by atoms with Crippen LogP contribution in [0, 0.1) is 46.3 Å². The van der Waals surface area contributed by atoms with Gasteiger partial charge in [0.1, 0.15) is 11.5 Å². The average molecular weight is 661 g/mol. The maximum absolute atomic E-state index is 13.8. The zero-order chi connectivity index (χ0) is 32.6. The third-order valence-corrected chi connectivity index (χ3v) is 12.0. The maximum atomic E-state index is 13.8. The molecule has 3 aromatic carbocycles. The molecule has 0 saturated heterocycles. The minimum absolute atomic E-state index is 0.100. The van der Waals surface area contributed by atoms with Crippen LogP contribution in [-0.2, 0) is 12.8 Å². The Morgan fingerprint density at radius 3 is 2.30 bits per heavy atom. The molecule has 6 atom stereocenters. The zero-order valence-electron chi connectivity index (χ0n) is 26.0. The van der Waals surface area contributed by atoms with Gasteiger partial charge in [-0.15, -0.1) is 0 Å². The summed E-state index contributed by atoms with van der Waals surface area (Å²) < 4.78 is 73.6. The third kappa shape index (κ3) is 6.26. The summed E-state index contributed by atoms with van der Waals surface area (Å²) in [5.41, 5.74) is 2.98. The van der Waals surface area contributed by atoms with Crippen LogP contribution in [0.4, 0.5) is 22.0 Å². The third-order valence-electron chi connectivity index (χ3n) is 11.0. The van der Waals surface area contributed by atoms with Crippen molar-refractivity contribution in [3.05, 3.63) is 93.8 Å². The fourth-order valence-electron chi connectivity index (χ4n) is 8.62. The summed E-state index contributed by atoms with van der Waals surface area (Å²) >= 11 is 1.42. The van der Waals surface area contributed by atoms with Crippen molar-refractivity contribution in [2.24, 2.45) is 17.3 Å². The summed E-state index contributed by atoms with van der Waals surface area (Å²) in [6.07, 6.45) is 6.96. The normalized spacial score (nSPS) is 26.8. The van der Waals surface area contributed by atoms with Gasteiger partial charge < -0.3 is 14.9 Å². The molecule has 6 rings (SSSR count). The number of aryl methyl sites for hydroxylation is 1. The zero-order valence-corrected chi connectivity index (χ0v) is 26.8. The summed E-state index contributed by atoms with van der Waals surface area (Å²) in [7, 11) is 0. The lowest BCUT2D eigenvalue weighted by Gasteiger charge is -2.54. The number of halogens is 5. The van der Waals surface area contributed by atoms with Crippen molar-refractivity contribution in [2.45, 2.75) is 82.7 Å². The van der Waals surface area contributed by atoms with Gasteiger partial charge in [-0.3, -0.25) is 0 Å². The Morgan fingerprint density at radius 2 is 1.57 bits per heavy atom. The molecule has 2 fully saturated rings. The van der Waals surface area contributed by atoms with Crippen LogP contribution >= 0.6 is 11.8 Å². The molecule has 9 heteroatoms. The largest absolute Gasteiger partial charge is 0.508 e. The first kappa shape index (κ1) is 33.1. The average Bonchev–Trinajstić information content (AvgIpc) is 3.36. The van der Waals surface area contributed by atoms with Crippen molar-refractivity contribution in [1.82, 2.24) is 0 Å². The number of aliphatic hydroxyl groups is 1. The van der Waals surface area contributed by atoms with Gasteiger partial charge >= 0.3 is 0 Å². The predicted octanol–water partition coefficient (Wildman–Crippen LogP) is 9.22. The van der Waals surface area contributed by atoms with Gasteiger partial charge in [0.15, 0.2) is 23.3 Å². The van der Waals surface area contributed by atoms with Crippen LogP contribution in [0.15, 0.2) is 42.5 Å². The molecule has 0 bridgehead atoms. The molecule has 0 radical (unpaired) electrons. The monoisotopic (exact) mass is 660 g/mol. The lowest BCUT2D eigenvalue weighted by molar-refractivity contribution is -0.0323. The Hall–Kier alpha value is -2.78. The van der Waals surface area contributed by atoms with Crippen molar-refractivity contribution in [3.63, 3.8) is 0 Å². The number of thioether (sulfide) groups is 1. The number of unbranched alkanes of at least 4 members (excludes halogenated alkanes) is 2. The van der Waals surface area contributed by atoms with Crippen LogP contribution in [-0.4, -0.2) is 34.4 Å². The number of benzene rings is 3. The van der Waals surface area contributed by atoms with Crippen molar-refractivity contribution < 1.29 is 36.9 Å². The van der Waals surface area contributed by atoms with Crippen LogP contribution in [0.25, 0.3) is 0 Å². The molecule has 3 aliphatic rings. The van der Waals surface area contributed by atoms with Crippen LogP contribution in [0.3, 0.4) is 0 Å². The highest BCUT2D eigenvalue weighted by atomic mass is 32.2. The summed E-state index contributed by atoms with van der Waals surface area (Å²) in [4.78, 5) is 0. The van der Waals surface area contributed by atoms with E-state index < -0.39 is 34.6 Å². The van der Waals surface area contributed by atoms with E-state index >= 15 is 0 Å². The van der Waals surface area contributed by atoms with Gasteiger partial charge in [0.05, 0.1) is 12.7 Å². The molecule has 3 aromatic rings. The molecule has 2 saturated carbocycles. The second-order valence-electron chi connectivity index (χ2n) is 13.5. The van der Waals surface area contributed by atoms with E-state index in [1.165, 1.54) is 28.5 Å².